The fourth-order valence-electron chi connectivity index (χ4n) is 4.09. The van der Waals surface area contributed by atoms with E-state index in [1.807, 2.05) is 27.8 Å². The van der Waals surface area contributed by atoms with Gasteiger partial charge in [0.1, 0.15) is 12.3 Å². The second-order valence-electron chi connectivity index (χ2n) is 7.72. The maximum absolute atomic E-state index is 12.7. The molecule has 1 aromatic heterocycles. The molecular weight excluding hydrogens is 340 g/mol. The number of aromatic nitrogens is 2. The van der Waals surface area contributed by atoms with E-state index in [0.29, 0.717) is 6.54 Å². The molecule has 1 fully saturated rings. The summed E-state index contributed by atoms with van der Waals surface area (Å²) in [5.41, 5.74) is 3.66. The first-order valence-corrected chi connectivity index (χ1v) is 9.84. The molecular formula is C21H28N4O2. The molecule has 1 saturated heterocycles. The zero-order valence-electron chi connectivity index (χ0n) is 16.2. The van der Waals surface area contributed by atoms with Crippen LogP contribution in [0, 0.1) is 5.92 Å². The van der Waals surface area contributed by atoms with E-state index in [0.717, 1.165) is 56.4 Å². The summed E-state index contributed by atoms with van der Waals surface area (Å²) in [5, 5.41) is 4.65. The number of nitrogens with zero attached hydrogens (tertiary/aromatic N) is 4. The summed E-state index contributed by atoms with van der Waals surface area (Å²) in [6, 6.07) is 8.10. The molecule has 0 bridgehead atoms. The second kappa shape index (κ2) is 7.62. The zero-order valence-corrected chi connectivity index (χ0v) is 16.2. The molecule has 1 amide bonds. The lowest BCUT2D eigenvalue weighted by atomic mass is 9.89. The predicted molar refractivity (Wildman–Crippen MR) is 105 cm³/mol. The Balaban J connectivity index is 1.33. The average Bonchev–Trinajstić information content (AvgIpc) is 3.09. The normalized spacial score (nSPS) is 19.7. The van der Waals surface area contributed by atoms with E-state index in [1.165, 1.54) is 17.7 Å². The number of carbonyl (C=O) groups excluding carboxylic acids is 1. The summed E-state index contributed by atoms with van der Waals surface area (Å²) in [7, 11) is 1.68. The third-order valence-electron chi connectivity index (χ3n) is 5.72. The lowest BCUT2D eigenvalue weighted by Gasteiger charge is -2.36. The molecule has 6 heteroatoms. The first-order valence-electron chi connectivity index (χ1n) is 9.84. The number of piperazine rings is 1. The van der Waals surface area contributed by atoms with Crippen LogP contribution in [0.2, 0.25) is 0 Å². The lowest BCUT2D eigenvalue weighted by molar-refractivity contribution is -0.132. The van der Waals surface area contributed by atoms with Crippen LogP contribution >= 0.6 is 0 Å². The molecule has 27 heavy (non-hydrogen) atoms. The molecule has 1 atom stereocenters. The molecule has 1 aliphatic heterocycles. The van der Waals surface area contributed by atoms with Crippen LogP contribution in [0.5, 0.6) is 5.75 Å². The largest absolute Gasteiger partial charge is 0.497 e. The van der Waals surface area contributed by atoms with E-state index in [-0.39, 0.29) is 5.91 Å². The molecule has 6 nitrogen and oxygen atoms in total. The van der Waals surface area contributed by atoms with Crippen LogP contribution < -0.4 is 9.64 Å². The second-order valence-corrected chi connectivity index (χ2v) is 7.72. The van der Waals surface area contributed by atoms with E-state index >= 15 is 0 Å². The SMILES string of the molecule is COc1cccc(N2CCN(C(=O)Cn3cc4c(n3)CCC(C)C4)CC2)c1. The van der Waals surface area contributed by atoms with Gasteiger partial charge in [-0.3, -0.25) is 9.48 Å². The molecule has 0 radical (unpaired) electrons. The number of hydrogen-bond acceptors (Lipinski definition) is 4. The summed E-state index contributed by atoms with van der Waals surface area (Å²) in [4.78, 5) is 17.0. The van der Waals surface area contributed by atoms with Gasteiger partial charge in [-0.2, -0.15) is 5.10 Å². The molecule has 1 aromatic carbocycles. The minimum absolute atomic E-state index is 0.160. The van der Waals surface area contributed by atoms with Crippen LogP contribution in [-0.4, -0.2) is 53.9 Å². The monoisotopic (exact) mass is 368 g/mol. The lowest BCUT2D eigenvalue weighted by Crippen LogP contribution is -2.49. The third-order valence-corrected chi connectivity index (χ3v) is 5.72. The molecule has 0 saturated carbocycles. The van der Waals surface area contributed by atoms with Gasteiger partial charge in [0.25, 0.3) is 0 Å². The summed E-state index contributed by atoms with van der Waals surface area (Å²) < 4.78 is 7.16. The van der Waals surface area contributed by atoms with E-state index < -0.39 is 0 Å². The van der Waals surface area contributed by atoms with Gasteiger partial charge in [-0.05, 0) is 42.9 Å². The van der Waals surface area contributed by atoms with Crippen molar-refractivity contribution in [1.29, 1.82) is 0 Å². The number of methoxy groups -OCH3 is 1. The molecule has 2 aliphatic rings. The summed E-state index contributed by atoms with van der Waals surface area (Å²) in [5.74, 6) is 1.74. The zero-order chi connectivity index (χ0) is 18.8. The van der Waals surface area contributed by atoms with Crippen molar-refractivity contribution >= 4 is 11.6 Å². The van der Waals surface area contributed by atoms with Crippen molar-refractivity contribution in [3.05, 3.63) is 41.7 Å². The van der Waals surface area contributed by atoms with Crippen LogP contribution in [0.4, 0.5) is 5.69 Å². The topological polar surface area (TPSA) is 50.6 Å². The summed E-state index contributed by atoms with van der Waals surface area (Å²) in [6.45, 7) is 5.80. The van der Waals surface area contributed by atoms with E-state index in [2.05, 4.69) is 29.2 Å². The maximum atomic E-state index is 12.7. The molecule has 2 heterocycles. The smallest absolute Gasteiger partial charge is 0.244 e. The van der Waals surface area contributed by atoms with Crippen LogP contribution in [-0.2, 0) is 24.2 Å². The standard InChI is InChI=1S/C21H28N4O2/c1-16-6-7-20-17(12-16)14-25(22-20)15-21(26)24-10-8-23(9-11-24)18-4-3-5-19(13-18)27-2/h3-5,13-14,16H,6-12,15H2,1-2H3. The minimum atomic E-state index is 0.160. The van der Waals surface area contributed by atoms with Gasteiger partial charge in [0.05, 0.1) is 12.8 Å². The highest BCUT2D eigenvalue weighted by molar-refractivity contribution is 5.76. The van der Waals surface area contributed by atoms with Crippen molar-refractivity contribution < 1.29 is 9.53 Å². The Labute approximate surface area is 160 Å². The number of carbonyl (C=O) groups is 1. The molecule has 144 valence electrons. The fraction of sp³-hybridized carbons (Fsp3) is 0.524. The van der Waals surface area contributed by atoms with Crippen LogP contribution in [0.25, 0.3) is 0 Å². The number of hydrogen-bond donors (Lipinski definition) is 0. The van der Waals surface area contributed by atoms with Gasteiger partial charge < -0.3 is 14.5 Å². The first kappa shape index (κ1) is 17.9. The van der Waals surface area contributed by atoms with Crippen molar-refractivity contribution in [1.82, 2.24) is 14.7 Å². The Bertz CT molecular complexity index is 808. The van der Waals surface area contributed by atoms with Crippen molar-refractivity contribution in [3.63, 3.8) is 0 Å². The number of rotatable bonds is 4. The first-order chi connectivity index (χ1) is 13.1. The number of benzene rings is 1. The highest BCUT2D eigenvalue weighted by Crippen LogP contribution is 2.24. The molecule has 1 aliphatic carbocycles. The van der Waals surface area contributed by atoms with Gasteiger partial charge in [-0.1, -0.05) is 13.0 Å². The van der Waals surface area contributed by atoms with Crippen LogP contribution in [0.1, 0.15) is 24.6 Å². The number of aryl methyl sites for hydroxylation is 1. The number of ether oxygens (including phenoxy) is 1. The average molecular weight is 368 g/mol. The van der Waals surface area contributed by atoms with E-state index in [9.17, 15) is 4.79 Å². The maximum Gasteiger partial charge on any atom is 0.244 e. The number of amides is 1. The summed E-state index contributed by atoms with van der Waals surface area (Å²) in [6.07, 6.45) is 5.40. The highest BCUT2D eigenvalue weighted by Gasteiger charge is 2.23. The van der Waals surface area contributed by atoms with E-state index in [4.69, 9.17) is 4.74 Å². The van der Waals surface area contributed by atoms with Gasteiger partial charge in [0.15, 0.2) is 0 Å². The van der Waals surface area contributed by atoms with Gasteiger partial charge in [0.2, 0.25) is 5.91 Å². The predicted octanol–water partition coefficient (Wildman–Crippen LogP) is 2.37. The molecule has 0 spiro atoms. The molecule has 0 N–H and O–H groups in total. The van der Waals surface area contributed by atoms with Crippen molar-refractivity contribution in [2.45, 2.75) is 32.7 Å². The van der Waals surface area contributed by atoms with E-state index in [1.54, 1.807) is 7.11 Å². The number of fused-ring (bicyclic) bond motifs is 1. The van der Waals surface area contributed by atoms with Crippen LogP contribution in [0.3, 0.4) is 0 Å². The Morgan fingerprint density at radius 1 is 1.26 bits per heavy atom. The Hall–Kier alpha value is -2.50. The highest BCUT2D eigenvalue weighted by atomic mass is 16.5. The minimum Gasteiger partial charge on any atom is -0.497 e. The van der Waals surface area contributed by atoms with Crippen molar-refractivity contribution in [2.75, 3.05) is 38.2 Å². The van der Waals surface area contributed by atoms with Gasteiger partial charge >= 0.3 is 0 Å². The van der Waals surface area contributed by atoms with Gasteiger partial charge in [0, 0.05) is 44.1 Å². The van der Waals surface area contributed by atoms with Crippen molar-refractivity contribution in [2.24, 2.45) is 5.92 Å². The Morgan fingerprint density at radius 2 is 2.07 bits per heavy atom. The Kier molecular flexibility index (Phi) is 5.05. The number of anilines is 1. The molecule has 2 aromatic rings. The molecule has 1 unspecified atom stereocenters. The van der Waals surface area contributed by atoms with Crippen LogP contribution in [0.15, 0.2) is 30.5 Å². The van der Waals surface area contributed by atoms with Gasteiger partial charge in [-0.15, -0.1) is 0 Å². The fourth-order valence-corrected chi connectivity index (χ4v) is 4.09. The quantitative estimate of drug-likeness (QED) is 0.831. The summed E-state index contributed by atoms with van der Waals surface area (Å²) >= 11 is 0. The van der Waals surface area contributed by atoms with Crippen molar-refractivity contribution in [3.8, 4) is 5.75 Å². The molecule has 4 rings (SSSR count). The Morgan fingerprint density at radius 3 is 2.85 bits per heavy atom. The van der Waals surface area contributed by atoms with Gasteiger partial charge in [-0.25, -0.2) is 0 Å². The third kappa shape index (κ3) is 3.94.